The van der Waals surface area contributed by atoms with Gasteiger partial charge < -0.3 is 14.2 Å². The molecule has 0 heterocycles. The van der Waals surface area contributed by atoms with Crippen molar-refractivity contribution in [1.82, 2.24) is 0 Å². The molecule has 5 heteroatoms. The van der Waals surface area contributed by atoms with Crippen molar-refractivity contribution in [2.45, 2.75) is 17.1 Å². The molecule has 2 aromatic rings. The largest absolute Gasteiger partial charge is 0.493 e. The zero-order valence-electron chi connectivity index (χ0n) is 13.4. The van der Waals surface area contributed by atoms with Gasteiger partial charge in [-0.05, 0) is 36.8 Å². The van der Waals surface area contributed by atoms with E-state index in [4.69, 9.17) is 14.2 Å². The van der Waals surface area contributed by atoms with Crippen LogP contribution in [0.5, 0.6) is 11.5 Å². The minimum absolute atomic E-state index is 0.270. The van der Waals surface area contributed by atoms with Crippen LogP contribution in [0.2, 0.25) is 0 Å². The van der Waals surface area contributed by atoms with Gasteiger partial charge in [-0.25, -0.2) is 0 Å². The SMILES string of the molecule is CCOC(=O)C(Sc1ccccc1)c1ccc(OC)c(OC)c1. The Balaban J connectivity index is 2.35. The number of hydrogen-bond acceptors (Lipinski definition) is 5. The Bertz CT molecular complexity index is 643. The van der Waals surface area contributed by atoms with Gasteiger partial charge >= 0.3 is 5.97 Å². The lowest BCUT2D eigenvalue weighted by atomic mass is 10.1. The molecule has 1 atom stereocenters. The van der Waals surface area contributed by atoms with Crippen LogP contribution in [0.1, 0.15) is 17.7 Å². The molecule has 0 aromatic heterocycles. The highest BCUT2D eigenvalue weighted by Crippen LogP contribution is 2.39. The summed E-state index contributed by atoms with van der Waals surface area (Å²) in [6, 6.07) is 15.2. The number of esters is 1. The normalized spacial score (nSPS) is 11.6. The lowest BCUT2D eigenvalue weighted by Crippen LogP contribution is -2.13. The molecule has 0 bridgehead atoms. The second-order valence-electron chi connectivity index (χ2n) is 4.68. The summed E-state index contributed by atoms with van der Waals surface area (Å²) in [6.07, 6.45) is 0. The molecule has 4 nitrogen and oxygen atoms in total. The summed E-state index contributed by atoms with van der Waals surface area (Å²) in [5.74, 6) is 0.949. The summed E-state index contributed by atoms with van der Waals surface area (Å²) >= 11 is 1.45. The van der Waals surface area contributed by atoms with Gasteiger partial charge in [-0.2, -0.15) is 0 Å². The van der Waals surface area contributed by atoms with Crippen molar-refractivity contribution in [2.24, 2.45) is 0 Å². The molecular formula is C18H20O4S. The lowest BCUT2D eigenvalue weighted by Gasteiger charge is -2.17. The van der Waals surface area contributed by atoms with E-state index in [1.54, 1.807) is 27.2 Å². The Morgan fingerprint density at radius 3 is 2.35 bits per heavy atom. The van der Waals surface area contributed by atoms with Gasteiger partial charge in [0.1, 0.15) is 5.25 Å². The molecule has 0 radical (unpaired) electrons. The molecule has 0 fully saturated rings. The number of hydrogen-bond donors (Lipinski definition) is 0. The van der Waals surface area contributed by atoms with Gasteiger partial charge in [0.15, 0.2) is 11.5 Å². The molecule has 0 N–H and O–H groups in total. The maximum Gasteiger partial charge on any atom is 0.323 e. The molecule has 0 spiro atoms. The van der Waals surface area contributed by atoms with Gasteiger partial charge in [0, 0.05) is 4.90 Å². The average Bonchev–Trinajstić information content (AvgIpc) is 2.60. The van der Waals surface area contributed by atoms with Crippen LogP contribution < -0.4 is 9.47 Å². The van der Waals surface area contributed by atoms with E-state index in [1.807, 2.05) is 42.5 Å². The number of carbonyl (C=O) groups is 1. The van der Waals surface area contributed by atoms with Gasteiger partial charge in [-0.1, -0.05) is 24.3 Å². The predicted octanol–water partition coefficient (Wildman–Crippen LogP) is 4.10. The second kappa shape index (κ2) is 8.48. The zero-order valence-corrected chi connectivity index (χ0v) is 14.3. The monoisotopic (exact) mass is 332 g/mol. The Morgan fingerprint density at radius 1 is 1.04 bits per heavy atom. The van der Waals surface area contributed by atoms with E-state index in [-0.39, 0.29) is 5.97 Å². The highest BCUT2D eigenvalue weighted by Gasteiger charge is 2.24. The smallest absolute Gasteiger partial charge is 0.323 e. The Morgan fingerprint density at radius 2 is 1.74 bits per heavy atom. The van der Waals surface area contributed by atoms with Crippen molar-refractivity contribution < 1.29 is 19.0 Å². The molecule has 0 saturated heterocycles. The van der Waals surface area contributed by atoms with Crippen molar-refractivity contribution in [2.75, 3.05) is 20.8 Å². The molecule has 0 aliphatic rings. The highest BCUT2D eigenvalue weighted by atomic mass is 32.2. The van der Waals surface area contributed by atoms with E-state index >= 15 is 0 Å². The fourth-order valence-corrected chi connectivity index (χ4v) is 3.15. The van der Waals surface area contributed by atoms with Crippen LogP contribution in [-0.4, -0.2) is 26.8 Å². The van der Waals surface area contributed by atoms with Crippen LogP contribution >= 0.6 is 11.8 Å². The Labute approximate surface area is 140 Å². The van der Waals surface area contributed by atoms with Gasteiger partial charge in [-0.15, -0.1) is 11.8 Å². The van der Waals surface area contributed by atoms with Crippen LogP contribution in [0, 0.1) is 0 Å². The molecule has 2 aromatic carbocycles. The first-order valence-electron chi connectivity index (χ1n) is 7.29. The molecule has 2 rings (SSSR count). The summed E-state index contributed by atoms with van der Waals surface area (Å²) in [7, 11) is 3.16. The van der Waals surface area contributed by atoms with Crippen LogP contribution in [0.4, 0.5) is 0 Å². The lowest BCUT2D eigenvalue weighted by molar-refractivity contribution is -0.142. The average molecular weight is 332 g/mol. The fraction of sp³-hybridized carbons (Fsp3) is 0.278. The van der Waals surface area contributed by atoms with Crippen molar-refractivity contribution in [1.29, 1.82) is 0 Å². The molecule has 0 aliphatic carbocycles. The third-order valence-electron chi connectivity index (χ3n) is 3.21. The van der Waals surface area contributed by atoms with Gasteiger partial charge in [0.2, 0.25) is 0 Å². The molecular weight excluding hydrogens is 312 g/mol. The quantitative estimate of drug-likeness (QED) is 0.564. The number of methoxy groups -OCH3 is 2. The predicted molar refractivity (Wildman–Crippen MR) is 91.2 cm³/mol. The molecule has 122 valence electrons. The van der Waals surface area contributed by atoms with Crippen molar-refractivity contribution in [3.8, 4) is 11.5 Å². The van der Waals surface area contributed by atoms with E-state index in [0.29, 0.717) is 18.1 Å². The van der Waals surface area contributed by atoms with Crippen molar-refractivity contribution in [3.05, 3.63) is 54.1 Å². The van der Waals surface area contributed by atoms with Crippen LogP contribution in [-0.2, 0) is 9.53 Å². The summed E-state index contributed by atoms with van der Waals surface area (Å²) in [4.78, 5) is 13.4. The van der Waals surface area contributed by atoms with Gasteiger partial charge in [0.05, 0.1) is 20.8 Å². The first kappa shape index (κ1) is 17.2. The molecule has 1 unspecified atom stereocenters. The van der Waals surface area contributed by atoms with Crippen LogP contribution in [0.25, 0.3) is 0 Å². The van der Waals surface area contributed by atoms with Crippen LogP contribution in [0.15, 0.2) is 53.4 Å². The zero-order chi connectivity index (χ0) is 16.7. The van der Waals surface area contributed by atoms with E-state index in [1.165, 1.54) is 11.8 Å². The van der Waals surface area contributed by atoms with E-state index in [2.05, 4.69) is 0 Å². The number of ether oxygens (including phenoxy) is 3. The fourth-order valence-electron chi connectivity index (χ4n) is 2.12. The molecule has 0 saturated carbocycles. The summed E-state index contributed by atoms with van der Waals surface area (Å²) < 4.78 is 15.8. The maximum absolute atomic E-state index is 12.4. The number of thioether (sulfide) groups is 1. The first-order valence-corrected chi connectivity index (χ1v) is 8.17. The van der Waals surface area contributed by atoms with Gasteiger partial charge in [0.25, 0.3) is 0 Å². The Hall–Kier alpha value is -2.14. The van der Waals surface area contributed by atoms with Gasteiger partial charge in [-0.3, -0.25) is 4.79 Å². The van der Waals surface area contributed by atoms with E-state index in [0.717, 1.165) is 10.5 Å². The summed E-state index contributed by atoms with van der Waals surface area (Å²) in [5, 5.41) is -0.461. The first-order chi connectivity index (χ1) is 11.2. The van der Waals surface area contributed by atoms with E-state index in [9.17, 15) is 4.79 Å². The molecule has 0 aliphatic heterocycles. The Kier molecular flexibility index (Phi) is 6.35. The summed E-state index contributed by atoms with van der Waals surface area (Å²) in [6.45, 7) is 2.15. The number of benzene rings is 2. The molecule has 0 amide bonds. The maximum atomic E-state index is 12.4. The van der Waals surface area contributed by atoms with Crippen molar-refractivity contribution in [3.63, 3.8) is 0 Å². The topological polar surface area (TPSA) is 44.8 Å². The minimum Gasteiger partial charge on any atom is -0.493 e. The van der Waals surface area contributed by atoms with Crippen molar-refractivity contribution >= 4 is 17.7 Å². The van der Waals surface area contributed by atoms with Crippen LogP contribution in [0.3, 0.4) is 0 Å². The standard InChI is InChI=1S/C18H20O4S/c1-4-22-18(19)17(23-14-8-6-5-7-9-14)13-10-11-15(20-2)16(12-13)21-3/h5-12,17H,4H2,1-3H3. The molecule has 23 heavy (non-hydrogen) atoms. The summed E-state index contributed by atoms with van der Waals surface area (Å²) in [5.41, 5.74) is 0.815. The highest BCUT2D eigenvalue weighted by molar-refractivity contribution is 8.00. The number of rotatable bonds is 7. The second-order valence-corrected chi connectivity index (χ2v) is 5.86. The van der Waals surface area contributed by atoms with E-state index < -0.39 is 5.25 Å². The third kappa shape index (κ3) is 4.42. The number of carbonyl (C=O) groups excluding carboxylic acids is 1. The third-order valence-corrected chi connectivity index (χ3v) is 4.45. The minimum atomic E-state index is -0.461.